The minimum absolute atomic E-state index is 0.0221. The van der Waals surface area contributed by atoms with E-state index in [-0.39, 0.29) is 17.3 Å². The van der Waals surface area contributed by atoms with Gasteiger partial charge in [0.25, 0.3) is 0 Å². The van der Waals surface area contributed by atoms with Gasteiger partial charge in [0.15, 0.2) is 4.96 Å². The second kappa shape index (κ2) is 6.92. The topological polar surface area (TPSA) is 63.8 Å². The highest BCUT2D eigenvalue weighted by Gasteiger charge is 2.28. The number of carboxylic acids is 1. The van der Waals surface area contributed by atoms with Gasteiger partial charge in [-0.3, -0.25) is 9.20 Å². The summed E-state index contributed by atoms with van der Waals surface area (Å²) in [5.41, 5.74) is 4.08. The third-order valence-corrected chi connectivity index (χ3v) is 5.73. The third-order valence-electron chi connectivity index (χ3n) is 4.73. The van der Waals surface area contributed by atoms with E-state index in [2.05, 4.69) is 53.7 Å². The Morgan fingerprint density at radius 2 is 1.68 bits per heavy atom. The molecule has 0 aliphatic rings. The lowest BCUT2D eigenvalue weighted by Gasteiger charge is -2.29. The van der Waals surface area contributed by atoms with E-state index in [1.54, 1.807) is 7.11 Å². The molecule has 0 aliphatic heterocycles. The molecule has 0 saturated heterocycles. The standard InChI is InChI=1S/C22H28N2O3S/c1-21(2,3)15-8-13(9-16(19(15)27-7)22(4,5)6)17-12-24-11-14(10-18(25)26)28-20(24)23-17/h8-9,11-12H,10H2,1-7H3,(H,25,26). The monoisotopic (exact) mass is 400 g/mol. The van der Waals surface area contributed by atoms with Crippen LogP contribution in [-0.4, -0.2) is 27.6 Å². The Kier molecular flexibility index (Phi) is 5.04. The Balaban J connectivity index is 2.17. The Bertz CT molecular complexity index is 966. The predicted molar refractivity (Wildman–Crippen MR) is 114 cm³/mol. The largest absolute Gasteiger partial charge is 0.496 e. The molecule has 1 N–H and O–H groups in total. The highest BCUT2D eigenvalue weighted by atomic mass is 32.1. The van der Waals surface area contributed by atoms with E-state index >= 15 is 0 Å². The van der Waals surface area contributed by atoms with Gasteiger partial charge in [-0.15, -0.1) is 11.3 Å². The molecule has 150 valence electrons. The minimum atomic E-state index is -0.829. The fraction of sp³-hybridized carbons (Fsp3) is 0.455. The molecule has 6 heteroatoms. The van der Waals surface area contributed by atoms with Crippen LogP contribution in [0.5, 0.6) is 5.75 Å². The molecule has 0 unspecified atom stereocenters. The third kappa shape index (κ3) is 3.92. The lowest BCUT2D eigenvalue weighted by Crippen LogP contribution is -2.19. The molecule has 0 fully saturated rings. The Hall–Kier alpha value is -2.34. The van der Waals surface area contributed by atoms with Crippen molar-refractivity contribution in [1.82, 2.24) is 9.38 Å². The molecule has 3 rings (SSSR count). The second-order valence-corrected chi connectivity index (χ2v) is 10.3. The van der Waals surface area contributed by atoms with Crippen LogP contribution in [0.15, 0.2) is 24.5 Å². The molecule has 28 heavy (non-hydrogen) atoms. The van der Waals surface area contributed by atoms with Crippen molar-refractivity contribution in [3.05, 3.63) is 40.5 Å². The summed E-state index contributed by atoms with van der Waals surface area (Å²) in [7, 11) is 1.73. The summed E-state index contributed by atoms with van der Waals surface area (Å²) in [6.45, 7) is 13.1. The highest BCUT2D eigenvalue weighted by Crippen LogP contribution is 2.42. The zero-order chi connectivity index (χ0) is 20.9. The van der Waals surface area contributed by atoms with Gasteiger partial charge in [-0.1, -0.05) is 41.5 Å². The number of benzene rings is 1. The molecule has 0 saturated carbocycles. The summed E-state index contributed by atoms with van der Waals surface area (Å²) in [6, 6.07) is 4.33. The van der Waals surface area contributed by atoms with Crippen LogP contribution in [0.4, 0.5) is 0 Å². The van der Waals surface area contributed by atoms with Crippen LogP contribution in [-0.2, 0) is 22.0 Å². The number of carboxylic acid groups (broad SMARTS) is 1. The van der Waals surface area contributed by atoms with Crippen LogP contribution in [0, 0.1) is 0 Å². The molecule has 0 amide bonds. The van der Waals surface area contributed by atoms with Crippen LogP contribution in [0.25, 0.3) is 16.2 Å². The van der Waals surface area contributed by atoms with Gasteiger partial charge in [-0.05, 0) is 23.0 Å². The molecule has 0 radical (unpaired) electrons. The maximum absolute atomic E-state index is 10.9. The van der Waals surface area contributed by atoms with Crippen molar-refractivity contribution >= 4 is 22.3 Å². The maximum atomic E-state index is 10.9. The average molecular weight is 401 g/mol. The number of hydrogen-bond donors (Lipinski definition) is 1. The minimum Gasteiger partial charge on any atom is -0.496 e. The Morgan fingerprint density at radius 1 is 1.11 bits per heavy atom. The smallest absolute Gasteiger partial charge is 0.308 e. The lowest BCUT2D eigenvalue weighted by atomic mass is 9.78. The van der Waals surface area contributed by atoms with Gasteiger partial charge in [-0.25, -0.2) is 4.98 Å². The Labute approximate surface area is 170 Å². The molecule has 5 nitrogen and oxygen atoms in total. The molecule has 0 aliphatic carbocycles. The quantitative estimate of drug-likeness (QED) is 0.646. The first-order valence-corrected chi connectivity index (χ1v) is 10.1. The van der Waals surface area contributed by atoms with Crippen molar-refractivity contribution < 1.29 is 14.6 Å². The molecular formula is C22H28N2O3S. The van der Waals surface area contributed by atoms with E-state index in [9.17, 15) is 4.79 Å². The number of methoxy groups -OCH3 is 1. The second-order valence-electron chi connectivity index (χ2n) is 9.19. The number of thiazole rings is 1. The van der Waals surface area contributed by atoms with E-state index < -0.39 is 5.97 Å². The van der Waals surface area contributed by atoms with Crippen LogP contribution in [0.3, 0.4) is 0 Å². The van der Waals surface area contributed by atoms with Crippen molar-refractivity contribution in [2.45, 2.75) is 58.8 Å². The summed E-state index contributed by atoms with van der Waals surface area (Å²) >= 11 is 1.41. The van der Waals surface area contributed by atoms with Gasteiger partial charge >= 0.3 is 5.97 Å². The molecule has 0 atom stereocenters. The summed E-state index contributed by atoms with van der Waals surface area (Å²) in [6.07, 6.45) is 3.84. The van der Waals surface area contributed by atoms with E-state index in [4.69, 9.17) is 14.8 Å². The first-order chi connectivity index (χ1) is 12.9. The molecule has 2 aromatic heterocycles. The zero-order valence-corrected chi connectivity index (χ0v) is 18.4. The van der Waals surface area contributed by atoms with Crippen molar-refractivity contribution in [2.75, 3.05) is 7.11 Å². The van der Waals surface area contributed by atoms with Gasteiger partial charge < -0.3 is 9.84 Å². The Morgan fingerprint density at radius 3 is 2.11 bits per heavy atom. The zero-order valence-electron chi connectivity index (χ0n) is 17.6. The summed E-state index contributed by atoms with van der Waals surface area (Å²) in [4.78, 5) is 17.3. The van der Waals surface area contributed by atoms with E-state index in [0.29, 0.717) is 0 Å². The predicted octanol–water partition coefficient (Wildman–Crippen LogP) is 5.29. The number of aromatic nitrogens is 2. The van der Waals surface area contributed by atoms with E-state index in [1.165, 1.54) is 11.3 Å². The summed E-state index contributed by atoms with van der Waals surface area (Å²) in [5.74, 6) is 0.109. The van der Waals surface area contributed by atoms with Crippen molar-refractivity contribution in [3.8, 4) is 17.0 Å². The van der Waals surface area contributed by atoms with Crippen LogP contribution in [0.1, 0.15) is 57.5 Å². The SMILES string of the molecule is COc1c(C(C)(C)C)cc(-c2cn3cc(CC(=O)O)sc3n2)cc1C(C)(C)C. The van der Waals surface area contributed by atoms with Gasteiger partial charge in [0.2, 0.25) is 0 Å². The number of aliphatic carboxylic acids is 1. The van der Waals surface area contributed by atoms with Crippen LogP contribution >= 0.6 is 11.3 Å². The highest BCUT2D eigenvalue weighted by molar-refractivity contribution is 7.17. The number of rotatable bonds is 4. The fourth-order valence-corrected chi connectivity index (χ4v) is 4.28. The van der Waals surface area contributed by atoms with Crippen molar-refractivity contribution in [3.63, 3.8) is 0 Å². The lowest BCUT2D eigenvalue weighted by molar-refractivity contribution is -0.136. The van der Waals surface area contributed by atoms with Gasteiger partial charge in [0, 0.05) is 34.0 Å². The number of carbonyl (C=O) groups is 1. The number of hydrogen-bond acceptors (Lipinski definition) is 4. The number of imidazole rings is 1. The molecule has 3 aromatic rings. The van der Waals surface area contributed by atoms with Crippen molar-refractivity contribution in [1.29, 1.82) is 0 Å². The molecule has 0 bridgehead atoms. The van der Waals surface area contributed by atoms with E-state index in [0.717, 1.165) is 38.0 Å². The first-order valence-electron chi connectivity index (χ1n) is 9.32. The molecule has 2 heterocycles. The van der Waals surface area contributed by atoms with Gasteiger partial charge in [-0.2, -0.15) is 0 Å². The van der Waals surface area contributed by atoms with E-state index in [1.807, 2.05) is 16.8 Å². The molecule has 1 aromatic carbocycles. The summed E-state index contributed by atoms with van der Waals surface area (Å²) in [5, 5.41) is 8.99. The van der Waals surface area contributed by atoms with Gasteiger partial charge in [0.05, 0.1) is 19.2 Å². The van der Waals surface area contributed by atoms with Crippen molar-refractivity contribution in [2.24, 2.45) is 0 Å². The van der Waals surface area contributed by atoms with Gasteiger partial charge in [0.1, 0.15) is 5.75 Å². The number of nitrogens with zero attached hydrogens (tertiary/aromatic N) is 2. The normalized spacial score (nSPS) is 12.5. The average Bonchev–Trinajstić information content (AvgIpc) is 3.09. The van der Waals surface area contributed by atoms with Crippen LogP contribution in [0.2, 0.25) is 0 Å². The summed E-state index contributed by atoms with van der Waals surface area (Å²) < 4.78 is 7.75. The fourth-order valence-electron chi connectivity index (χ4n) is 3.32. The number of ether oxygens (including phenoxy) is 1. The number of fused-ring (bicyclic) bond motifs is 1. The van der Waals surface area contributed by atoms with Crippen LogP contribution < -0.4 is 4.74 Å². The first kappa shape index (κ1) is 20.4. The maximum Gasteiger partial charge on any atom is 0.308 e. The molecular weight excluding hydrogens is 372 g/mol. The molecule has 0 spiro atoms.